The second-order valence-corrected chi connectivity index (χ2v) is 7.67. The number of amides is 1. The molecule has 0 saturated heterocycles. The van der Waals surface area contributed by atoms with Gasteiger partial charge in [-0.15, -0.1) is 5.10 Å². The van der Waals surface area contributed by atoms with Crippen LogP contribution < -0.4 is 5.32 Å². The maximum Gasteiger partial charge on any atom is 0.242 e. The van der Waals surface area contributed by atoms with Gasteiger partial charge in [-0.3, -0.25) is 4.79 Å². The van der Waals surface area contributed by atoms with Crippen LogP contribution in [0.4, 0.5) is 0 Å². The zero-order chi connectivity index (χ0) is 17.0. The number of rotatable bonds is 6. The minimum atomic E-state index is -0.242. The van der Waals surface area contributed by atoms with Gasteiger partial charge in [-0.1, -0.05) is 12.1 Å². The molecule has 0 saturated carbocycles. The van der Waals surface area contributed by atoms with E-state index in [4.69, 9.17) is 4.74 Å². The number of hydrogen-bond acceptors (Lipinski definition) is 4. The molecule has 0 aliphatic rings. The number of aromatic nitrogens is 3. The molecule has 1 aromatic heterocycles. The van der Waals surface area contributed by atoms with Gasteiger partial charge >= 0.3 is 0 Å². The van der Waals surface area contributed by atoms with Crippen molar-refractivity contribution >= 4 is 5.91 Å². The predicted molar refractivity (Wildman–Crippen MR) is 86.5 cm³/mol. The van der Waals surface area contributed by atoms with Crippen molar-refractivity contribution in [3.63, 3.8) is 0 Å². The first-order chi connectivity index (χ1) is 9.98. The molecule has 0 spiro atoms. The van der Waals surface area contributed by atoms with E-state index in [0.717, 1.165) is 12.1 Å². The average molecular weight is 310 g/mol. The van der Waals surface area contributed by atoms with E-state index >= 15 is 0 Å². The van der Waals surface area contributed by atoms with Crippen molar-refractivity contribution in [3.05, 3.63) is 11.9 Å². The van der Waals surface area contributed by atoms with Gasteiger partial charge in [0.25, 0.3) is 0 Å². The highest BCUT2D eigenvalue weighted by Gasteiger charge is 2.19. The molecule has 1 unspecified atom stereocenters. The third-order valence-electron chi connectivity index (χ3n) is 2.82. The molecule has 22 heavy (non-hydrogen) atoms. The Kier molecular flexibility index (Phi) is 6.11. The molecule has 1 amide bonds. The van der Waals surface area contributed by atoms with Crippen LogP contribution in [-0.2, 0) is 22.5 Å². The van der Waals surface area contributed by atoms with E-state index in [-0.39, 0.29) is 29.7 Å². The highest BCUT2D eigenvalue weighted by molar-refractivity contribution is 5.76. The Morgan fingerprint density at radius 2 is 1.95 bits per heavy atom. The molecule has 0 aromatic carbocycles. The van der Waals surface area contributed by atoms with Crippen molar-refractivity contribution in [1.82, 2.24) is 20.3 Å². The number of nitrogens with zero attached hydrogens (tertiary/aromatic N) is 3. The Labute approximate surface area is 133 Å². The number of hydrogen-bond donors (Lipinski definition) is 1. The van der Waals surface area contributed by atoms with Gasteiger partial charge < -0.3 is 10.1 Å². The van der Waals surface area contributed by atoms with Crippen molar-refractivity contribution in [1.29, 1.82) is 0 Å². The summed E-state index contributed by atoms with van der Waals surface area (Å²) in [6.45, 7) is 14.3. The molecule has 1 atom stereocenters. The van der Waals surface area contributed by atoms with Crippen molar-refractivity contribution in [2.45, 2.75) is 85.1 Å². The highest BCUT2D eigenvalue weighted by atomic mass is 16.5. The third-order valence-corrected chi connectivity index (χ3v) is 2.82. The van der Waals surface area contributed by atoms with Crippen molar-refractivity contribution < 1.29 is 9.53 Å². The Balaban J connectivity index is 2.58. The number of carbonyl (C=O) groups excluding carboxylic acids is 1. The van der Waals surface area contributed by atoms with Crippen LogP contribution in [0, 0.1) is 0 Å². The lowest BCUT2D eigenvalue weighted by Crippen LogP contribution is -2.42. The van der Waals surface area contributed by atoms with E-state index < -0.39 is 0 Å². The van der Waals surface area contributed by atoms with Gasteiger partial charge in [0.15, 0.2) is 0 Å². The lowest BCUT2D eigenvalue weighted by Gasteiger charge is -2.26. The fourth-order valence-electron chi connectivity index (χ4n) is 2.12. The quantitative estimate of drug-likeness (QED) is 0.875. The Bertz CT molecular complexity index is 483. The van der Waals surface area contributed by atoms with Crippen LogP contribution in [0.3, 0.4) is 0 Å². The molecule has 0 bridgehead atoms. The Morgan fingerprint density at radius 3 is 2.45 bits per heavy atom. The molecule has 0 radical (unpaired) electrons. The van der Waals surface area contributed by atoms with Crippen molar-refractivity contribution in [3.8, 4) is 0 Å². The summed E-state index contributed by atoms with van der Waals surface area (Å²) in [6, 6.07) is 0. The molecule has 0 aliphatic heterocycles. The molecule has 1 aromatic rings. The first-order valence-corrected chi connectivity index (χ1v) is 7.86. The van der Waals surface area contributed by atoms with Crippen LogP contribution in [0.1, 0.15) is 60.6 Å². The van der Waals surface area contributed by atoms with Gasteiger partial charge in [-0.2, -0.15) is 0 Å². The van der Waals surface area contributed by atoms with Crippen LogP contribution in [0.5, 0.6) is 0 Å². The van der Waals surface area contributed by atoms with Crippen LogP contribution >= 0.6 is 0 Å². The molecule has 126 valence electrons. The predicted octanol–water partition coefficient (Wildman–Crippen LogP) is 2.33. The standard InChI is InChI=1S/C16H30N4O2/c1-8-13(22-16(5,6)7)9-12-10-20(19-18-12)11-14(21)17-15(2,3)4/h10,13H,8-9,11H2,1-7H3,(H,17,21). The molecule has 1 heterocycles. The molecule has 0 fully saturated rings. The van der Waals surface area contributed by atoms with Crippen LogP contribution in [0.25, 0.3) is 0 Å². The number of nitrogens with one attached hydrogen (secondary N) is 1. The normalized spacial score (nSPS) is 14.0. The molecule has 1 rings (SSSR count). The Hall–Kier alpha value is -1.43. The van der Waals surface area contributed by atoms with E-state index in [1.165, 1.54) is 0 Å². The van der Waals surface area contributed by atoms with Crippen molar-refractivity contribution in [2.75, 3.05) is 0 Å². The van der Waals surface area contributed by atoms with Gasteiger partial charge in [0, 0.05) is 18.2 Å². The topological polar surface area (TPSA) is 69.0 Å². The van der Waals surface area contributed by atoms with Crippen LogP contribution in [0.15, 0.2) is 6.20 Å². The highest BCUT2D eigenvalue weighted by Crippen LogP contribution is 2.16. The lowest BCUT2D eigenvalue weighted by molar-refractivity contribution is -0.123. The summed E-state index contributed by atoms with van der Waals surface area (Å²) < 4.78 is 7.56. The molecule has 1 N–H and O–H groups in total. The maximum absolute atomic E-state index is 11.9. The van der Waals surface area contributed by atoms with Gasteiger partial charge in [-0.25, -0.2) is 4.68 Å². The fourth-order valence-corrected chi connectivity index (χ4v) is 2.12. The lowest BCUT2D eigenvalue weighted by atomic mass is 10.1. The number of carbonyl (C=O) groups is 1. The zero-order valence-electron chi connectivity index (χ0n) is 14.9. The molecule has 0 aliphatic carbocycles. The second kappa shape index (κ2) is 7.22. The summed E-state index contributed by atoms with van der Waals surface area (Å²) in [5, 5.41) is 11.1. The van der Waals surface area contributed by atoms with E-state index in [1.54, 1.807) is 4.68 Å². The van der Waals surface area contributed by atoms with E-state index in [9.17, 15) is 4.79 Å². The smallest absolute Gasteiger partial charge is 0.242 e. The van der Waals surface area contributed by atoms with Gasteiger partial charge in [-0.05, 0) is 48.0 Å². The molecule has 6 nitrogen and oxygen atoms in total. The summed E-state index contributed by atoms with van der Waals surface area (Å²) in [5.74, 6) is -0.0677. The first-order valence-electron chi connectivity index (χ1n) is 7.86. The summed E-state index contributed by atoms with van der Waals surface area (Å²) >= 11 is 0. The van der Waals surface area contributed by atoms with Crippen LogP contribution in [-0.4, -0.2) is 38.1 Å². The summed E-state index contributed by atoms with van der Waals surface area (Å²) in [5.41, 5.74) is 0.428. The van der Waals surface area contributed by atoms with E-state index in [2.05, 4.69) is 22.6 Å². The fraction of sp³-hybridized carbons (Fsp3) is 0.812. The molecular weight excluding hydrogens is 280 g/mol. The van der Waals surface area contributed by atoms with E-state index in [0.29, 0.717) is 6.42 Å². The Morgan fingerprint density at radius 1 is 1.32 bits per heavy atom. The van der Waals surface area contributed by atoms with Gasteiger partial charge in [0.1, 0.15) is 6.54 Å². The molecular formula is C16H30N4O2. The van der Waals surface area contributed by atoms with Crippen molar-refractivity contribution in [2.24, 2.45) is 0 Å². The SMILES string of the molecule is CCC(Cc1cn(CC(=O)NC(C)(C)C)nn1)OC(C)(C)C. The summed E-state index contributed by atoms with van der Waals surface area (Å²) in [6.07, 6.45) is 3.54. The van der Waals surface area contributed by atoms with Gasteiger partial charge in [0.2, 0.25) is 5.91 Å². The summed E-state index contributed by atoms with van der Waals surface area (Å²) in [4.78, 5) is 11.9. The molecule has 6 heteroatoms. The number of ether oxygens (including phenoxy) is 1. The van der Waals surface area contributed by atoms with Gasteiger partial charge in [0.05, 0.1) is 17.4 Å². The minimum absolute atomic E-state index is 0.0677. The maximum atomic E-state index is 11.9. The third kappa shape index (κ3) is 7.54. The second-order valence-electron chi connectivity index (χ2n) is 7.67. The minimum Gasteiger partial charge on any atom is -0.372 e. The zero-order valence-corrected chi connectivity index (χ0v) is 14.9. The average Bonchev–Trinajstić information content (AvgIpc) is 2.71. The largest absolute Gasteiger partial charge is 0.372 e. The monoisotopic (exact) mass is 310 g/mol. The first kappa shape index (κ1) is 18.6. The van der Waals surface area contributed by atoms with E-state index in [1.807, 2.05) is 47.7 Å². The summed E-state index contributed by atoms with van der Waals surface area (Å²) in [7, 11) is 0. The van der Waals surface area contributed by atoms with Crippen LogP contribution in [0.2, 0.25) is 0 Å².